The Kier molecular flexibility index (Phi) is 5.19. The number of halogens is 2. The van der Waals surface area contributed by atoms with Crippen molar-refractivity contribution in [2.24, 2.45) is 5.16 Å². The number of carbonyl (C=O) groups excluding carboxylic acids is 1. The van der Waals surface area contributed by atoms with E-state index >= 15 is 0 Å². The van der Waals surface area contributed by atoms with Gasteiger partial charge in [0.15, 0.2) is 0 Å². The molecule has 0 bridgehead atoms. The molecule has 0 saturated heterocycles. The highest BCUT2D eigenvalue weighted by Crippen LogP contribution is 2.14. The molecule has 0 fully saturated rings. The lowest BCUT2D eigenvalue weighted by atomic mass is 10.1. The molecule has 0 radical (unpaired) electrons. The van der Waals surface area contributed by atoms with Crippen molar-refractivity contribution >= 4 is 17.8 Å². The van der Waals surface area contributed by atoms with Crippen LogP contribution in [0.2, 0.25) is 0 Å². The summed E-state index contributed by atoms with van der Waals surface area (Å²) in [4.78, 5) is 16.5. The lowest BCUT2D eigenvalue weighted by Crippen LogP contribution is -2.14. The van der Waals surface area contributed by atoms with Gasteiger partial charge in [0.2, 0.25) is 0 Å². The number of anilines is 1. The number of carbonyl (C=O) groups is 1. The van der Waals surface area contributed by atoms with Gasteiger partial charge in [-0.3, -0.25) is 4.79 Å². The van der Waals surface area contributed by atoms with E-state index in [-0.39, 0.29) is 12.3 Å². The van der Waals surface area contributed by atoms with Crippen LogP contribution in [0.5, 0.6) is 0 Å². The molecule has 2 aromatic carbocycles. The molecule has 4 nitrogen and oxygen atoms in total. The third-order valence-electron chi connectivity index (χ3n) is 2.75. The Hall–Kier alpha value is -2.76. The summed E-state index contributed by atoms with van der Waals surface area (Å²) >= 11 is 0. The minimum absolute atomic E-state index is 0.128. The van der Waals surface area contributed by atoms with Crippen molar-refractivity contribution < 1.29 is 18.4 Å². The second-order valence-electron chi connectivity index (χ2n) is 4.61. The van der Waals surface area contributed by atoms with Gasteiger partial charge < -0.3 is 10.2 Å². The standard InChI is InChI=1S/C16H14F2N2O2/c1-11-3-2-4-12(7-11)10-22-19-9-16(21)20-15-6-5-13(17)8-14(15)18/h2-9H,10H2,1H3,(H,20,21)/b19-9+. The van der Waals surface area contributed by atoms with E-state index in [9.17, 15) is 13.6 Å². The zero-order valence-electron chi connectivity index (χ0n) is 11.8. The summed E-state index contributed by atoms with van der Waals surface area (Å²) in [6, 6.07) is 10.5. The third kappa shape index (κ3) is 4.66. The SMILES string of the molecule is Cc1cccc(CO/N=C/C(=O)Nc2ccc(F)cc2F)c1. The number of nitrogens with zero attached hydrogens (tertiary/aromatic N) is 1. The molecule has 0 unspecified atom stereocenters. The molecule has 6 heteroatoms. The van der Waals surface area contributed by atoms with Crippen molar-refractivity contribution in [3.05, 3.63) is 65.2 Å². The van der Waals surface area contributed by atoms with E-state index in [0.717, 1.165) is 29.5 Å². The fourth-order valence-corrected chi connectivity index (χ4v) is 1.75. The lowest BCUT2D eigenvalue weighted by Gasteiger charge is -2.03. The summed E-state index contributed by atoms with van der Waals surface area (Å²) in [5.74, 6) is -2.25. The van der Waals surface area contributed by atoms with E-state index in [1.165, 1.54) is 0 Å². The van der Waals surface area contributed by atoms with Crippen LogP contribution in [0.4, 0.5) is 14.5 Å². The molecule has 0 spiro atoms. The first-order valence-electron chi connectivity index (χ1n) is 6.51. The summed E-state index contributed by atoms with van der Waals surface area (Å²) in [6.45, 7) is 2.17. The summed E-state index contributed by atoms with van der Waals surface area (Å²) in [7, 11) is 0. The van der Waals surface area contributed by atoms with Crippen LogP contribution in [-0.4, -0.2) is 12.1 Å². The second-order valence-corrected chi connectivity index (χ2v) is 4.61. The van der Waals surface area contributed by atoms with Crippen LogP contribution in [0.15, 0.2) is 47.6 Å². The molecule has 0 aliphatic carbocycles. The highest BCUT2D eigenvalue weighted by molar-refractivity contribution is 6.31. The fraction of sp³-hybridized carbons (Fsp3) is 0.125. The Morgan fingerprint density at radius 1 is 1.27 bits per heavy atom. The maximum Gasteiger partial charge on any atom is 0.270 e. The molecule has 1 amide bonds. The van der Waals surface area contributed by atoms with Crippen LogP contribution in [-0.2, 0) is 16.2 Å². The van der Waals surface area contributed by atoms with E-state index in [1.807, 2.05) is 31.2 Å². The molecule has 1 N–H and O–H groups in total. The van der Waals surface area contributed by atoms with Crippen LogP contribution in [0.25, 0.3) is 0 Å². The van der Waals surface area contributed by atoms with Crippen LogP contribution in [0.1, 0.15) is 11.1 Å². The van der Waals surface area contributed by atoms with Crippen molar-refractivity contribution in [2.45, 2.75) is 13.5 Å². The van der Waals surface area contributed by atoms with Crippen molar-refractivity contribution in [3.63, 3.8) is 0 Å². The molecule has 0 atom stereocenters. The average Bonchev–Trinajstić information content (AvgIpc) is 2.47. The van der Waals surface area contributed by atoms with E-state index in [1.54, 1.807) is 0 Å². The number of hydrogen-bond donors (Lipinski definition) is 1. The van der Waals surface area contributed by atoms with Gasteiger partial charge in [-0.15, -0.1) is 0 Å². The Morgan fingerprint density at radius 3 is 2.82 bits per heavy atom. The number of benzene rings is 2. The van der Waals surface area contributed by atoms with Gasteiger partial charge in [-0.05, 0) is 24.6 Å². The predicted molar refractivity (Wildman–Crippen MR) is 79.4 cm³/mol. The minimum atomic E-state index is -0.859. The van der Waals surface area contributed by atoms with Crippen molar-refractivity contribution in [2.75, 3.05) is 5.32 Å². The number of hydrogen-bond acceptors (Lipinski definition) is 3. The summed E-state index contributed by atoms with van der Waals surface area (Å²) < 4.78 is 26.1. The number of rotatable bonds is 5. The van der Waals surface area contributed by atoms with Gasteiger partial charge in [-0.2, -0.15) is 0 Å². The monoisotopic (exact) mass is 304 g/mol. The van der Waals surface area contributed by atoms with E-state index in [0.29, 0.717) is 6.07 Å². The van der Waals surface area contributed by atoms with Crippen LogP contribution >= 0.6 is 0 Å². The molecule has 0 saturated carbocycles. The van der Waals surface area contributed by atoms with Gasteiger partial charge in [0.05, 0.1) is 5.69 Å². The van der Waals surface area contributed by atoms with Gasteiger partial charge in [0.25, 0.3) is 5.91 Å². The van der Waals surface area contributed by atoms with Gasteiger partial charge in [0, 0.05) is 6.07 Å². The normalized spacial score (nSPS) is 10.7. The quantitative estimate of drug-likeness (QED) is 0.680. The molecule has 0 heterocycles. The van der Waals surface area contributed by atoms with Crippen molar-refractivity contribution in [1.82, 2.24) is 0 Å². The first-order chi connectivity index (χ1) is 10.5. The van der Waals surface area contributed by atoms with Gasteiger partial charge >= 0.3 is 0 Å². The summed E-state index contributed by atoms with van der Waals surface area (Å²) in [5, 5.41) is 5.74. The molecule has 114 valence electrons. The fourth-order valence-electron chi connectivity index (χ4n) is 1.75. The number of aryl methyl sites for hydroxylation is 1. The van der Waals surface area contributed by atoms with Gasteiger partial charge in [0.1, 0.15) is 24.5 Å². The highest BCUT2D eigenvalue weighted by Gasteiger charge is 2.06. The smallest absolute Gasteiger partial charge is 0.270 e. The molecule has 2 rings (SSSR count). The van der Waals surface area contributed by atoms with E-state index in [2.05, 4.69) is 10.5 Å². The van der Waals surface area contributed by atoms with Crippen LogP contribution in [0, 0.1) is 18.6 Å². The molecule has 0 aliphatic heterocycles. The van der Waals surface area contributed by atoms with Crippen molar-refractivity contribution in [1.29, 1.82) is 0 Å². The van der Waals surface area contributed by atoms with E-state index < -0.39 is 17.5 Å². The summed E-state index contributed by atoms with van der Waals surface area (Å²) in [5.41, 5.74) is 1.88. The topological polar surface area (TPSA) is 50.7 Å². The zero-order valence-corrected chi connectivity index (χ0v) is 11.8. The average molecular weight is 304 g/mol. The largest absolute Gasteiger partial charge is 0.391 e. The molecule has 22 heavy (non-hydrogen) atoms. The first-order valence-corrected chi connectivity index (χ1v) is 6.51. The third-order valence-corrected chi connectivity index (χ3v) is 2.75. The minimum Gasteiger partial charge on any atom is -0.391 e. The Labute approximate surface area is 126 Å². The zero-order chi connectivity index (χ0) is 15.9. The van der Waals surface area contributed by atoms with Crippen LogP contribution < -0.4 is 5.32 Å². The number of nitrogens with one attached hydrogen (secondary N) is 1. The van der Waals surface area contributed by atoms with Gasteiger partial charge in [-0.25, -0.2) is 8.78 Å². The van der Waals surface area contributed by atoms with Crippen LogP contribution in [0.3, 0.4) is 0 Å². The van der Waals surface area contributed by atoms with Crippen molar-refractivity contribution in [3.8, 4) is 0 Å². The van der Waals surface area contributed by atoms with E-state index in [4.69, 9.17) is 4.84 Å². The number of amides is 1. The Balaban J connectivity index is 1.84. The molecule has 2 aromatic rings. The molecule has 0 aliphatic rings. The lowest BCUT2D eigenvalue weighted by molar-refractivity contribution is -0.110. The highest BCUT2D eigenvalue weighted by atomic mass is 19.1. The van der Waals surface area contributed by atoms with Gasteiger partial charge in [-0.1, -0.05) is 35.0 Å². The Bertz CT molecular complexity index is 702. The molecule has 0 aromatic heterocycles. The Morgan fingerprint density at radius 2 is 2.09 bits per heavy atom. The first kappa shape index (κ1) is 15.6. The second kappa shape index (κ2) is 7.31. The molecular formula is C16H14F2N2O2. The number of oxime groups is 1. The summed E-state index contributed by atoms with van der Waals surface area (Å²) in [6.07, 6.45) is 0.887. The maximum absolute atomic E-state index is 13.3. The predicted octanol–water partition coefficient (Wildman–Crippen LogP) is 3.41. The maximum atomic E-state index is 13.3. The molecular weight excluding hydrogens is 290 g/mol.